The molecule has 0 fully saturated rings. The first-order chi connectivity index (χ1) is 11.2. The molecule has 0 spiro atoms. The molecule has 1 aromatic heterocycles. The maximum Gasteiger partial charge on any atom is 0.224 e. The summed E-state index contributed by atoms with van der Waals surface area (Å²) in [6, 6.07) is 10.5. The molecule has 1 aliphatic rings. The van der Waals surface area contributed by atoms with Gasteiger partial charge in [0.15, 0.2) is 0 Å². The monoisotopic (exact) mass is 312 g/mol. The van der Waals surface area contributed by atoms with Gasteiger partial charge in [-0.2, -0.15) is 4.98 Å². The summed E-state index contributed by atoms with van der Waals surface area (Å²) in [7, 11) is 0. The van der Waals surface area contributed by atoms with E-state index in [1.165, 1.54) is 11.1 Å². The number of fused-ring (bicyclic) bond motifs is 1. The highest BCUT2D eigenvalue weighted by molar-refractivity contribution is 5.46. The number of anilines is 2. The molecule has 0 unspecified atom stereocenters. The quantitative estimate of drug-likeness (QED) is 0.888. The molecular formula is C18H24N4O. The number of aromatic nitrogens is 2. The summed E-state index contributed by atoms with van der Waals surface area (Å²) in [6.07, 6.45) is 2.81. The van der Waals surface area contributed by atoms with Gasteiger partial charge in [-0.1, -0.05) is 38.1 Å². The van der Waals surface area contributed by atoms with Gasteiger partial charge in [-0.3, -0.25) is 0 Å². The molecule has 5 heteroatoms. The van der Waals surface area contributed by atoms with E-state index in [9.17, 15) is 5.11 Å². The van der Waals surface area contributed by atoms with E-state index in [1.54, 1.807) is 6.20 Å². The molecule has 0 saturated heterocycles. The van der Waals surface area contributed by atoms with Crippen molar-refractivity contribution in [1.82, 2.24) is 9.97 Å². The first-order valence-corrected chi connectivity index (χ1v) is 8.19. The van der Waals surface area contributed by atoms with Gasteiger partial charge in [0, 0.05) is 19.3 Å². The lowest BCUT2D eigenvalue weighted by Gasteiger charge is -2.30. The summed E-state index contributed by atoms with van der Waals surface area (Å²) in [4.78, 5) is 11.2. The fourth-order valence-corrected chi connectivity index (χ4v) is 2.88. The number of aliphatic hydroxyl groups is 1. The number of hydrogen-bond donors (Lipinski definition) is 2. The zero-order chi connectivity index (χ0) is 16.2. The molecule has 1 aromatic carbocycles. The molecule has 2 N–H and O–H groups in total. The highest BCUT2D eigenvalue weighted by Gasteiger charge is 2.18. The van der Waals surface area contributed by atoms with Gasteiger partial charge in [-0.05, 0) is 29.5 Å². The summed E-state index contributed by atoms with van der Waals surface area (Å²) in [6.45, 7) is 6.04. The second-order valence-electron chi connectivity index (χ2n) is 6.36. The van der Waals surface area contributed by atoms with Crippen molar-refractivity contribution in [3.63, 3.8) is 0 Å². The van der Waals surface area contributed by atoms with Crippen LogP contribution in [0.1, 0.15) is 25.0 Å². The zero-order valence-electron chi connectivity index (χ0n) is 13.7. The molecule has 0 saturated carbocycles. The molecular weight excluding hydrogens is 288 g/mol. The van der Waals surface area contributed by atoms with Gasteiger partial charge in [-0.25, -0.2) is 4.98 Å². The Morgan fingerprint density at radius 1 is 1.22 bits per heavy atom. The fourth-order valence-electron chi connectivity index (χ4n) is 2.88. The molecule has 3 rings (SSSR count). The lowest BCUT2D eigenvalue weighted by atomic mass is 10.00. The first-order valence-electron chi connectivity index (χ1n) is 8.19. The van der Waals surface area contributed by atoms with Crippen molar-refractivity contribution in [1.29, 1.82) is 0 Å². The van der Waals surface area contributed by atoms with Gasteiger partial charge < -0.3 is 15.3 Å². The Balaban J connectivity index is 1.76. The van der Waals surface area contributed by atoms with Crippen LogP contribution < -0.4 is 10.2 Å². The number of hydrogen-bond acceptors (Lipinski definition) is 5. The highest BCUT2D eigenvalue weighted by atomic mass is 16.3. The number of rotatable bonds is 5. The fraction of sp³-hybridized carbons (Fsp3) is 0.444. The second kappa shape index (κ2) is 6.96. The van der Waals surface area contributed by atoms with E-state index in [1.807, 2.05) is 6.07 Å². The van der Waals surface area contributed by atoms with Gasteiger partial charge in [-0.15, -0.1) is 0 Å². The van der Waals surface area contributed by atoms with Crippen LogP contribution >= 0.6 is 0 Å². The molecule has 0 aliphatic carbocycles. The molecule has 0 bridgehead atoms. The van der Waals surface area contributed by atoms with Crippen molar-refractivity contribution in [2.24, 2.45) is 5.92 Å². The summed E-state index contributed by atoms with van der Waals surface area (Å²) in [5.74, 6) is 1.82. The third-order valence-corrected chi connectivity index (χ3v) is 4.41. The van der Waals surface area contributed by atoms with E-state index in [0.717, 1.165) is 25.3 Å². The lowest BCUT2D eigenvalue weighted by Crippen LogP contribution is -2.32. The minimum absolute atomic E-state index is 0.0349. The van der Waals surface area contributed by atoms with Gasteiger partial charge in [0.05, 0.1) is 12.6 Å². The minimum Gasteiger partial charge on any atom is -0.394 e. The van der Waals surface area contributed by atoms with Crippen LogP contribution in [-0.4, -0.2) is 34.3 Å². The van der Waals surface area contributed by atoms with Crippen molar-refractivity contribution in [3.8, 4) is 0 Å². The highest BCUT2D eigenvalue weighted by Crippen LogP contribution is 2.23. The molecule has 1 aliphatic heterocycles. The number of nitrogens with zero attached hydrogens (tertiary/aromatic N) is 3. The van der Waals surface area contributed by atoms with E-state index < -0.39 is 0 Å². The molecule has 122 valence electrons. The molecule has 23 heavy (non-hydrogen) atoms. The molecule has 1 atom stereocenters. The predicted octanol–water partition coefficient (Wildman–Crippen LogP) is 2.47. The Bertz CT molecular complexity index is 659. The van der Waals surface area contributed by atoms with Crippen molar-refractivity contribution in [2.45, 2.75) is 32.9 Å². The van der Waals surface area contributed by atoms with Crippen LogP contribution in [0, 0.1) is 5.92 Å². The summed E-state index contributed by atoms with van der Waals surface area (Å²) >= 11 is 0. The number of benzene rings is 1. The zero-order valence-corrected chi connectivity index (χ0v) is 13.7. The summed E-state index contributed by atoms with van der Waals surface area (Å²) in [5.41, 5.74) is 2.79. The largest absolute Gasteiger partial charge is 0.394 e. The Kier molecular flexibility index (Phi) is 4.76. The molecule has 2 heterocycles. The van der Waals surface area contributed by atoms with Crippen LogP contribution in [0.15, 0.2) is 36.5 Å². The Morgan fingerprint density at radius 3 is 2.74 bits per heavy atom. The molecule has 2 aromatic rings. The van der Waals surface area contributed by atoms with E-state index in [-0.39, 0.29) is 12.6 Å². The van der Waals surface area contributed by atoms with Crippen LogP contribution in [0.25, 0.3) is 0 Å². The van der Waals surface area contributed by atoms with Crippen LogP contribution in [0.3, 0.4) is 0 Å². The maximum atomic E-state index is 9.46. The Morgan fingerprint density at radius 2 is 2.00 bits per heavy atom. The normalized spacial score (nSPS) is 15.4. The first kappa shape index (κ1) is 15.7. The van der Waals surface area contributed by atoms with E-state index in [2.05, 4.69) is 58.3 Å². The van der Waals surface area contributed by atoms with Gasteiger partial charge in [0.25, 0.3) is 0 Å². The third kappa shape index (κ3) is 3.62. The Labute approximate surface area is 137 Å². The van der Waals surface area contributed by atoms with Crippen LogP contribution in [0.5, 0.6) is 0 Å². The maximum absolute atomic E-state index is 9.46. The van der Waals surface area contributed by atoms with Crippen molar-refractivity contribution in [2.75, 3.05) is 23.4 Å². The second-order valence-corrected chi connectivity index (χ2v) is 6.36. The molecule has 5 nitrogen and oxygen atoms in total. The third-order valence-electron chi connectivity index (χ3n) is 4.41. The van der Waals surface area contributed by atoms with Crippen LogP contribution in [0.4, 0.5) is 11.8 Å². The van der Waals surface area contributed by atoms with Crippen molar-refractivity contribution >= 4 is 11.8 Å². The van der Waals surface area contributed by atoms with Crippen LogP contribution in [0.2, 0.25) is 0 Å². The smallest absolute Gasteiger partial charge is 0.224 e. The SMILES string of the molecule is CC(C)[C@H](CO)Nc1nccc(N2CCc3ccccc3C2)n1. The average Bonchev–Trinajstić information content (AvgIpc) is 2.59. The summed E-state index contributed by atoms with van der Waals surface area (Å²) < 4.78 is 0. The topological polar surface area (TPSA) is 61.3 Å². The average molecular weight is 312 g/mol. The lowest BCUT2D eigenvalue weighted by molar-refractivity contribution is 0.248. The number of aliphatic hydroxyl groups excluding tert-OH is 1. The molecule has 0 amide bonds. The standard InChI is InChI=1S/C18H24N4O/c1-13(2)16(12-23)20-18-19-9-7-17(21-18)22-10-8-14-5-3-4-6-15(14)11-22/h3-7,9,13,16,23H,8,10-12H2,1-2H3,(H,19,20,21)/t16-/m0/s1. The van der Waals surface area contributed by atoms with E-state index in [4.69, 9.17) is 0 Å². The van der Waals surface area contributed by atoms with E-state index >= 15 is 0 Å². The van der Waals surface area contributed by atoms with Gasteiger partial charge >= 0.3 is 0 Å². The van der Waals surface area contributed by atoms with Crippen molar-refractivity contribution in [3.05, 3.63) is 47.7 Å². The van der Waals surface area contributed by atoms with Gasteiger partial charge in [0.2, 0.25) is 5.95 Å². The van der Waals surface area contributed by atoms with Gasteiger partial charge in [0.1, 0.15) is 5.82 Å². The number of nitrogens with one attached hydrogen (secondary N) is 1. The minimum atomic E-state index is -0.0349. The Hall–Kier alpha value is -2.14. The molecule has 0 radical (unpaired) electrons. The predicted molar refractivity (Wildman–Crippen MR) is 92.6 cm³/mol. The summed E-state index contributed by atoms with van der Waals surface area (Å²) in [5, 5.41) is 12.7. The van der Waals surface area contributed by atoms with Crippen molar-refractivity contribution < 1.29 is 5.11 Å². The van der Waals surface area contributed by atoms with Crippen LogP contribution in [-0.2, 0) is 13.0 Å². The van der Waals surface area contributed by atoms with E-state index in [0.29, 0.717) is 11.9 Å².